The molecule has 0 fully saturated rings. The lowest BCUT2D eigenvalue weighted by molar-refractivity contribution is 0.0565. The Bertz CT molecular complexity index is 558. The minimum Gasteiger partial charge on any atom is -0.392 e. The van der Waals surface area contributed by atoms with Gasteiger partial charge in [0.1, 0.15) is 5.69 Å². The number of aryl methyl sites for hydroxylation is 1. The van der Waals surface area contributed by atoms with Crippen LogP contribution in [0.4, 0.5) is 0 Å². The molecular formula is C14H19N3O2. The van der Waals surface area contributed by atoms with Crippen LogP contribution in [0.25, 0.3) is 11.5 Å². The first-order valence-corrected chi connectivity index (χ1v) is 6.30. The van der Waals surface area contributed by atoms with Crippen LogP contribution >= 0.6 is 0 Å². The molecule has 1 N–H and O–H groups in total. The lowest BCUT2D eigenvalue weighted by Gasteiger charge is -2.24. The van der Waals surface area contributed by atoms with Gasteiger partial charge in [-0.1, -0.05) is 25.9 Å². The molecule has 0 saturated carbocycles. The zero-order chi connectivity index (χ0) is 14.0. The van der Waals surface area contributed by atoms with Crippen LogP contribution in [-0.4, -0.2) is 26.3 Å². The summed E-state index contributed by atoms with van der Waals surface area (Å²) >= 11 is 0. The quantitative estimate of drug-likeness (QED) is 0.918. The number of hydrogen-bond acceptors (Lipinski definition) is 5. The molecule has 1 atom stereocenters. The van der Waals surface area contributed by atoms with Crippen molar-refractivity contribution in [3.63, 3.8) is 0 Å². The van der Waals surface area contributed by atoms with Crippen LogP contribution in [0.1, 0.15) is 32.2 Å². The molecule has 0 aromatic carbocycles. The van der Waals surface area contributed by atoms with Gasteiger partial charge in [0.15, 0.2) is 0 Å². The van der Waals surface area contributed by atoms with E-state index in [0.29, 0.717) is 23.8 Å². The van der Waals surface area contributed by atoms with E-state index in [0.717, 1.165) is 5.56 Å². The van der Waals surface area contributed by atoms with Gasteiger partial charge < -0.3 is 9.63 Å². The second-order valence-corrected chi connectivity index (χ2v) is 5.82. The number of nitrogens with zero attached hydrogens (tertiary/aromatic N) is 3. The summed E-state index contributed by atoms with van der Waals surface area (Å²) in [7, 11) is 0. The first kappa shape index (κ1) is 13.7. The second-order valence-electron chi connectivity index (χ2n) is 5.82. The Morgan fingerprint density at radius 1 is 1.37 bits per heavy atom. The molecule has 0 amide bonds. The Kier molecular flexibility index (Phi) is 3.66. The van der Waals surface area contributed by atoms with Crippen LogP contribution in [0.3, 0.4) is 0 Å². The van der Waals surface area contributed by atoms with Gasteiger partial charge >= 0.3 is 0 Å². The summed E-state index contributed by atoms with van der Waals surface area (Å²) in [6, 6.07) is 3.81. The largest absolute Gasteiger partial charge is 0.392 e. The maximum atomic E-state index is 10.0. The Balaban J connectivity index is 2.16. The van der Waals surface area contributed by atoms with Crippen molar-refractivity contribution in [1.29, 1.82) is 0 Å². The zero-order valence-electron chi connectivity index (χ0n) is 11.7. The first-order chi connectivity index (χ1) is 8.86. The first-order valence-electron chi connectivity index (χ1n) is 6.30. The SMILES string of the molecule is Cc1ccnc(-c2noc(CC(O)C(C)(C)C)n2)c1. The van der Waals surface area contributed by atoms with E-state index in [-0.39, 0.29) is 5.41 Å². The fourth-order valence-electron chi connectivity index (χ4n) is 1.57. The van der Waals surface area contributed by atoms with Gasteiger partial charge in [0.2, 0.25) is 11.7 Å². The summed E-state index contributed by atoms with van der Waals surface area (Å²) in [6.45, 7) is 7.89. The predicted molar refractivity (Wildman–Crippen MR) is 71.4 cm³/mol. The molecule has 2 heterocycles. The third-order valence-electron chi connectivity index (χ3n) is 2.98. The molecule has 102 valence electrons. The molecule has 0 aliphatic heterocycles. The highest BCUT2D eigenvalue weighted by atomic mass is 16.5. The molecule has 1 unspecified atom stereocenters. The van der Waals surface area contributed by atoms with Crippen molar-refractivity contribution in [3.05, 3.63) is 29.8 Å². The standard InChI is InChI=1S/C14H19N3O2/c1-9-5-6-15-10(7-9)13-16-12(19-17-13)8-11(18)14(2,3)4/h5-7,11,18H,8H2,1-4H3. The fraction of sp³-hybridized carbons (Fsp3) is 0.500. The Morgan fingerprint density at radius 2 is 2.11 bits per heavy atom. The van der Waals surface area contributed by atoms with Crippen LogP contribution in [0, 0.1) is 12.3 Å². The van der Waals surface area contributed by atoms with Crippen molar-refractivity contribution in [1.82, 2.24) is 15.1 Å². The van der Waals surface area contributed by atoms with Gasteiger partial charge in [-0.15, -0.1) is 0 Å². The molecule has 0 spiro atoms. The molecule has 5 nitrogen and oxygen atoms in total. The summed E-state index contributed by atoms with van der Waals surface area (Å²) in [5.74, 6) is 0.889. The minimum atomic E-state index is -0.522. The minimum absolute atomic E-state index is 0.212. The highest BCUT2D eigenvalue weighted by Crippen LogP contribution is 2.22. The van der Waals surface area contributed by atoms with E-state index in [1.807, 2.05) is 39.8 Å². The van der Waals surface area contributed by atoms with Crippen molar-refractivity contribution in [3.8, 4) is 11.5 Å². The second kappa shape index (κ2) is 5.09. The normalized spacial score (nSPS) is 13.5. The van der Waals surface area contributed by atoms with Crippen LogP contribution in [0.2, 0.25) is 0 Å². The summed E-state index contributed by atoms with van der Waals surface area (Å²) in [5.41, 5.74) is 1.56. The lowest BCUT2D eigenvalue weighted by atomic mass is 9.87. The smallest absolute Gasteiger partial charge is 0.229 e. The lowest BCUT2D eigenvalue weighted by Crippen LogP contribution is -2.28. The van der Waals surface area contributed by atoms with Crippen molar-refractivity contribution < 1.29 is 9.63 Å². The highest BCUT2D eigenvalue weighted by Gasteiger charge is 2.24. The molecule has 0 bridgehead atoms. The molecule has 0 aliphatic rings. The number of rotatable bonds is 3. The van der Waals surface area contributed by atoms with E-state index in [1.54, 1.807) is 6.20 Å². The average Bonchev–Trinajstić information content (AvgIpc) is 2.76. The molecule has 0 aliphatic carbocycles. The monoisotopic (exact) mass is 261 g/mol. The zero-order valence-corrected chi connectivity index (χ0v) is 11.7. The number of hydrogen-bond donors (Lipinski definition) is 1. The van der Waals surface area contributed by atoms with Gasteiger partial charge in [-0.25, -0.2) is 0 Å². The number of aliphatic hydroxyl groups excluding tert-OH is 1. The van der Waals surface area contributed by atoms with Crippen LogP contribution in [-0.2, 0) is 6.42 Å². The van der Waals surface area contributed by atoms with Gasteiger partial charge in [0, 0.05) is 6.20 Å². The van der Waals surface area contributed by atoms with E-state index in [1.165, 1.54) is 0 Å². The van der Waals surface area contributed by atoms with Crippen molar-refractivity contribution in [2.24, 2.45) is 5.41 Å². The summed E-state index contributed by atoms with van der Waals surface area (Å²) < 4.78 is 5.16. The van der Waals surface area contributed by atoms with E-state index >= 15 is 0 Å². The maximum absolute atomic E-state index is 10.0. The van der Waals surface area contributed by atoms with Crippen molar-refractivity contribution in [2.75, 3.05) is 0 Å². The van der Waals surface area contributed by atoms with E-state index in [9.17, 15) is 5.11 Å². The third-order valence-corrected chi connectivity index (χ3v) is 2.98. The number of pyridine rings is 1. The molecule has 5 heteroatoms. The van der Waals surface area contributed by atoms with Gasteiger partial charge in [-0.05, 0) is 30.0 Å². The van der Waals surface area contributed by atoms with Crippen molar-refractivity contribution in [2.45, 2.75) is 40.2 Å². The van der Waals surface area contributed by atoms with Gasteiger partial charge in [-0.2, -0.15) is 4.98 Å². The Labute approximate surface area is 112 Å². The molecule has 2 aromatic heterocycles. The predicted octanol–water partition coefficient (Wildman–Crippen LogP) is 2.39. The molecular weight excluding hydrogens is 242 g/mol. The van der Waals surface area contributed by atoms with Gasteiger partial charge in [0.25, 0.3) is 0 Å². The van der Waals surface area contributed by atoms with Crippen molar-refractivity contribution >= 4 is 0 Å². The van der Waals surface area contributed by atoms with E-state index in [2.05, 4.69) is 15.1 Å². The number of aliphatic hydroxyl groups is 1. The van der Waals surface area contributed by atoms with Gasteiger partial charge in [0.05, 0.1) is 12.5 Å². The van der Waals surface area contributed by atoms with Gasteiger partial charge in [-0.3, -0.25) is 4.98 Å². The number of aromatic nitrogens is 3. The molecule has 2 aromatic rings. The molecule has 0 radical (unpaired) electrons. The third kappa shape index (κ3) is 3.38. The molecule has 2 rings (SSSR count). The van der Waals surface area contributed by atoms with Crippen LogP contribution < -0.4 is 0 Å². The van der Waals surface area contributed by atoms with E-state index < -0.39 is 6.10 Å². The summed E-state index contributed by atoms with van der Waals surface area (Å²) in [4.78, 5) is 8.48. The Morgan fingerprint density at radius 3 is 2.74 bits per heavy atom. The summed E-state index contributed by atoms with van der Waals surface area (Å²) in [6.07, 6.45) is 1.54. The fourth-order valence-corrected chi connectivity index (χ4v) is 1.57. The summed E-state index contributed by atoms with van der Waals surface area (Å²) in [5, 5.41) is 13.9. The van der Waals surface area contributed by atoms with Crippen LogP contribution in [0.5, 0.6) is 0 Å². The highest BCUT2D eigenvalue weighted by molar-refractivity contribution is 5.48. The van der Waals surface area contributed by atoms with Crippen LogP contribution in [0.15, 0.2) is 22.9 Å². The molecule has 0 saturated heterocycles. The Hall–Kier alpha value is -1.75. The molecule has 19 heavy (non-hydrogen) atoms. The van der Waals surface area contributed by atoms with E-state index in [4.69, 9.17) is 4.52 Å². The average molecular weight is 261 g/mol. The maximum Gasteiger partial charge on any atom is 0.229 e. The topological polar surface area (TPSA) is 72.0 Å².